The number of aromatic nitrogens is 2. The van der Waals surface area contributed by atoms with Gasteiger partial charge >= 0.3 is 0 Å². The van der Waals surface area contributed by atoms with Gasteiger partial charge in [0.2, 0.25) is 0 Å². The van der Waals surface area contributed by atoms with Crippen molar-refractivity contribution in [3.63, 3.8) is 0 Å². The Morgan fingerprint density at radius 3 is 2.79 bits per heavy atom. The predicted octanol–water partition coefficient (Wildman–Crippen LogP) is 4.54. The number of anilines is 2. The van der Waals surface area contributed by atoms with Crippen LogP contribution in [0.25, 0.3) is 11.0 Å². The van der Waals surface area contributed by atoms with Gasteiger partial charge in [-0.1, -0.05) is 0 Å². The topological polar surface area (TPSA) is 59.4 Å². The summed E-state index contributed by atoms with van der Waals surface area (Å²) in [5.74, 6) is -0.913. The molecular weight excluding hydrogens is 474 g/mol. The predicted molar refractivity (Wildman–Crippen MR) is 114 cm³/mol. The first kappa shape index (κ1) is 19.1. The van der Waals surface area contributed by atoms with Crippen LogP contribution in [0.3, 0.4) is 0 Å². The second-order valence-electron chi connectivity index (χ2n) is 6.97. The molecule has 1 aliphatic carbocycles. The molecule has 1 saturated carbocycles. The van der Waals surface area contributed by atoms with E-state index in [0.717, 1.165) is 27.7 Å². The second kappa shape index (κ2) is 7.32. The zero-order valence-corrected chi connectivity index (χ0v) is 17.9. The van der Waals surface area contributed by atoms with Gasteiger partial charge in [-0.25, -0.2) is 14.4 Å². The number of rotatable bonds is 5. The minimum atomic E-state index is -0.550. The molecule has 0 spiro atoms. The van der Waals surface area contributed by atoms with E-state index in [0.29, 0.717) is 5.52 Å². The smallest absolute Gasteiger partial charge is 0.279 e. The van der Waals surface area contributed by atoms with Crippen molar-refractivity contribution in [2.45, 2.75) is 25.8 Å². The maximum absolute atomic E-state index is 15.4. The number of amides is 1. The summed E-state index contributed by atoms with van der Waals surface area (Å²) < 4.78 is 18.2. The minimum Gasteiger partial charge on any atom is -0.352 e. The fourth-order valence-electron chi connectivity index (χ4n) is 3.24. The average molecular weight is 494 g/mol. The molecule has 0 unspecified atom stereocenters. The molecule has 0 radical (unpaired) electrons. The van der Waals surface area contributed by atoms with Crippen molar-refractivity contribution in [1.29, 1.82) is 0 Å². The summed E-state index contributed by atoms with van der Waals surface area (Å²) in [7, 11) is 3.24. The minimum absolute atomic E-state index is 0.0377. The number of hydroxylamine groups is 2. The van der Waals surface area contributed by atoms with Gasteiger partial charge in [-0.3, -0.25) is 9.63 Å². The summed E-state index contributed by atoms with van der Waals surface area (Å²) in [5, 5.41) is 4.46. The van der Waals surface area contributed by atoms with Crippen LogP contribution < -0.4 is 5.32 Å². The van der Waals surface area contributed by atoms with E-state index >= 15 is 4.39 Å². The lowest BCUT2D eigenvalue weighted by atomic mass is 10.1. The molecule has 1 N–H and O–H groups in total. The molecule has 3 aromatic rings. The van der Waals surface area contributed by atoms with E-state index in [1.54, 1.807) is 17.7 Å². The van der Waals surface area contributed by atoms with Crippen LogP contribution in [0.15, 0.2) is 30.6 Å². The average Bonchev–Trinajstić information content (AvgIpc) is 3.42. The Bertz CT molecular complexity index is 1080. The lowest BCUT2D eigenvalue weighted by molar-refractivity contribution is -0.101. The van der Waals surface area contributed by atoms with Gasteiger partial charge in [0.25, 0.3) is 5.91 Å². The second-order valence-corrected chi connectivity index (χ2v) is 8.21. The summed E-state index contributed by atoms with van der Waals surface area (Å²) >= 11 is 2.23. The monoisotopic (exact) mass is 494 g/mol. The van der Waals surface area contributed by atoms with Crippen LogP contribution in [0.4, 0.5) is 15.8 Å². The molecule has 1 aromatic heterocycles. The Hall–Kier alpha value is -2.20. The van der Waals surface area contributed by atoms with Crippen LogP contribution >= 0.6 is 22.6 Å². The van der Waals surface area contributed by atoms with Crippen molar-refractivity contribution < 1.29 is 14.0 Å². The normalized spacial score (nSPS) is 13.8. The summed E-state index contributed by atoms with van der Waals surface area (Å²) in [6.45, 7) is 1.94. The molecule has 0 atom stereocenters. The highest BCUT2D eigenvalue weighted by atomic mass is 127. The van der Waals surface area contributed by atoms with E-state index in [1.807, 2.05) is 25.1 Å². The summed E-state index contributed by atoms with van der Waals surface area (Å²) in [6.07, 6.45) is 3.31. The number of nitrogens with one attached hydrogen (secondary N) is 1. The summed E-state index contributed by atoms with van der Waals surface area (Å²) in [6, 6.07) is 7.51. The van der Waals surface area contributed by atoms with Crippen molar-refractivity contribution in [2.24, 2.45) is 7.05 Å². The van der Waals surface area contributed by atoms with Crippen LogP contribution in [0.2, 0.25) is 0 Å². The molecule has 4 rings (SSSR count). The van der Waals surface area contributed by atoms with E-state index in [4.69, 9.17) is 4.84 Å². The zero-order chi connectivity index (χ0) is 20.0. The Morgan fingerprint density at radius 1 is 1.39 bits per heavy atom. The third-order valence-corrected chi connectivity index (χ3v) is 5.59. The standard InChI is InChI=1S/C20H20FIN4O2/c1-11-8-12(22)4-7-15(11)24-18-14(20(27)26(28-3)13-5-6-13)9-16-19(17(18)21)23-10-25(16)2/h4,7-10,13,24H,5-6H2,1-3H3. The number of benzene rings is 2. The molecule has 146 valence electrons. The molecule has 0 bridgehead atoms. The van der Waals surface area contributed by atoms with Gasteiger partial charge in [0.1, 0.15) is 5.52 Å². The number of aryl methyl sites for hydroxylation is 2. The van der Waals surface area contributed by atoms with Gasteiger partial charge in [-0.2, -0.15) is 0 Å². The van der Waals surface area contributed by atoms with Gasteiger partial charge in [0, 0.05) is 16.3 Å². The Morgan fingerprint density at radius 2 is 2.14 bits per heavy atom. The van der Waals surface area contributed by atoms with Crippen molar-refractivity contribution in [3.8, 4) is 0 Å². The van der Waals surface area contributed by atoms with Gasteiger partial charge in [0.05, 0.1) is 36.2 Å². The number of hydrogen-bond acceptors (Lipinski definition) is 4. The maximum atomic E-state index is 15.4. The van der Waals surface area contributed by atoms with Gasteiger partial charge in [-0.05, 0) is 72.2 Å². The van der Waals surface area contributed by atoms with E-state index in [2.05, 4.69) is 32.9 Å². The number of nitrogens with zero attached hydrogens (tertiary/aromatic N) is 3. The fourth-order valence-corrected chi connectivity index (χ4v) is 3.89. The molecular formula is C20H20FIN4O2. The lowest BCUT2D eigenvalue weighted by Crippen LogP contribution is -2.32. The largest absolute Gasteiger partial charge is 0.352 e. The number of imidazole rings is 1. The van der Waals surface area contributed by atoms with Crippen LogP contribution in [-0.2, 0) is 11.9 Å². The summed E-state index contributed by atoms with van der Waals surface area (Å²) in [4.78, 5) is 22.7. The SMILES string of the molecule is CON(C(=O)c1cc2c(ncn2C)c(F)c1Nc1ccc(I)cc1C)C1CC1. The zero-order valence-electron chi connectivity index (χ0n) is 15.8. The molecule has 0 saturated heterocycles. The van der Waals surface area contributed by atoms with Crippen molar-refractivity contribution in [1.82, 2.24) is 14.6 Å². The van der Waals surface area contributed by atoms with Gasteiger partial charge < -0.3 is 9.88 Å². The molecule has 1 aliphatic rings. The lowest BCUT2D eigenvalue weighted by Gasteiger charge is -2.22. The Labute approximate surface area is 175 Å². The van der Waals surface area contributed by atoms with E-state index in [1.165, 1.54) is 18.5 Å². The molecule has 1 fully saturated rings. The molecule has 28 heavy (non-hydrogen) atoms. The third kappa shape index (κ3) is 3.35. The van der Waals surface area contributed by atoms with Crippen LogP contribution in [0.1, 0.15) is 28.8 Å². The molecule has 6 nitrogen and oxygen atoms in total. The van der Waals surface area contributed by atoms with Crippen molar-refractivity contribution >= 4 is 50.9 Å². The maximum Gasteiger partial charge on any atom is 0.279 e. The quantitative estimate of drug-likeness (QED) is 0.418. The molecule has 2 aromatic carbocycles. The van der Waals surface area contributed by atoms with E-state index < -0.39 is 5.82 Å². The molecule has 1 heterocycles. The van der Waals surface area contributed by atoms with Crippen molar-refractivity contribution in [3.05, 3.63) is 51.1 Å². The fraction of sp³-hybridized carbons (Fsp3) is 0.300. The summed E-state index contributed by atoms with van der Waals surface area (Å²) in [5.41, 5.74) is 2.80. The Balaban J connectivity index is 1.87. The van der Waals surface area contributed by atoms with Crippen molar-refractivity contribution in [2.75, 3.05) is 12.4 Å². The highest BCUT2D eigenvalue weighted by Gasteiger charge is 2.36. The van der Waals surface area contributed by atoms with E-state index in [-0.39, 0.29) is 28.7 Å². The first-order chi connectivity index (χ1) is 13.4. The molecule has 8 heteroatoms. The Kier molecular flexibility index (Phi) is 5.00. The highest BCUT2D eigenvalue weighted by molar-refractivity contribution is 14.1. The number of halogens is 2. The van der Waals surface area contributed by atoms with Crippen LogP contribution in [0.5, 0.6) is 0 Å². The van der Waals surface area contributed by atoms with E-state index in [9.17, 15) is 4.79 Å². The number of hydrogen-bond donors (Lipinski definition) is 1. The van der Waals surface area contributed by atoms with Gasteiger partial charge in [-0.15, -0.1) is 0 Å². The van der Waals surface area contributed by atoms with Crippen LogP contribution in [-0.4, -0.2) is 33.7 Å². The first-order valence-corrected chi connectivity index (χ1v) is 10.0. The third-order valence-electron chi connectivity index (χ3n) is 4.91. The first-order valence-electron chi connectivity index (χ1n) is 8.95. The number of carbonyl (C=O) groups excluding carboxylic acids is 1. The van der Waals surface area contributed by atoms with Gasteiger partial charge in [0.15, 0.2) is 5.82 Å². The highest BCUT2D eigenvalue weighted by Crippen LogP contribution is 2.35. The molecule has 0 aliphatic heterocycles. The van der Waals surface area contributed by atoms with Crippen LogP contribution in [0, 0.1) is 16.3 Å². The molecule has 1 amide bonds. The number of carbonyl (C=O) groups is 1. The number of fused-ring (bicyclic) bond motifs is 1.